The van der Waals surface area contributed by atoms with Gasteiger partial charge in [-0.2, -0.15) is 0 Å². The highest BCUT2D eigenvalue weighted by atomic mass is 35.5. The Balaban J connectivity index is 2.41. The maximum Gasteiger partial charge on any atom is 0.221 e. The third-order valence-electron chi connectivity index (χ3n) is 2.40. The average Bonchev–Trinajstić information content (AvgIpc) is 2.26. The lowest BCUT2D eigenvalue weighted by Gasteiger charge is -2.04. The molecule has 17 heavy (non-hydrogen) atoms. The minimum Gasteiger partial charge on any atom is -0.281 e. The summed E-state index contributed by atoms with van der Waals surface area (Å²) in [5, 5.41) is 0.647. The minimum atomic E-state index is -0.416. The van der Waals surface area contributed by atoms with Gasteiger partial charge < -0.3 is 0 Å². The number of nitrogens with zero attached hydrogens (tertiary/aromatic N) is 1. The van der Waals surface area contributed by atoms with Crippen molar-refractivity contribution in [3.8, 4) is 0 Å². The van der Waals surface area contributed by atoms with E-state index < -0.39 is 5.24 Å². The van der Waals surface area contributed by atoms with Crippen molar-refractivity contribution in [3.05, 3.63) is 40.8 Å². The van der Waals surface area contributed by atoms with E-state index in [2.05, 4.69) is 4.98 Å². The third-order valence-corrected chi connectivity index (χ3v) is 2.91. The normalized spacial score (nSPS) is 10.8. The Kier molecular flexibility index (Phi) is 3.60. The summed E-state index contributed by atoms with van der Waals surface area (Å²) in [5.74, 6) is -0.357. The zero-order valence-corrected chi connectivity index (χ0v) is 10.2. The minimum absolute atomic E-state index is 0.204. The van der Waals surface area contributed by atoms with Crippen molar-refractivity contribution < 1.29 is 9.18 Å². The lowest BCUT2D eigenvalue weighted by molar-refractivity contribution is -0.111. The number of benzene rings is 1. The van der Waals surface area contributed by atoms with Gasteiger partial charge in [-0.1, -0.05) is 11.6 Å². The van der Waals surface area contributed by atoms with Gasteiger partial charge in [-0.15, -0.1) is 0 Å². The first-order chi connectivity index (χ1) is 8.06. The number of pyridine rings is 1. The van der Waals surface area contributed by atoms with Crippen LogP contribution >= 0.6 is 23.2 Å². The van der Waals surface area contributed by atoms with Gasteiger partial charge in [0.05, 0.1) is 5.52 Å². The van der Waals surface area contributed by atoms with Crippen molar-refractivity contribution in [2.24, 2.45) is 0 Å². The average molecular weight is 272 g/mol. The first-order valence-electron chi connectivity index (χ1n) is 4.99. The number of aryl methyl sites for hydroxylation is 1. The first-order valence-corrected chi connectivity index (χ1v) is 5.75. The Bertz CT molecular complexity index is 586. The number of hydrogen-bond acceptors (Lipinski definition) is 2. The van der Waals surface area contributed by atoms with Crippen molar-refractivity contribution in [2.45, 2.75) is 12.8 Å². The molecule has 0 N–H and O–H groups in total. The van der Waals surface area contributed by atoms with Crippen LogP contribution in [0.15, 0.2) is 24.3 Å². The Hall–Kier alpha value is -1.19. The molecule has 0 aliphatic heterocycles. The Morgan fingerprint density at radius 2 is 2.12 bits per heavy atom. The lowest BCUT2D eigenvalue weighted by Crippen LogP contribution is -1.95. The highest BCUT2D eigenvalue weighted by Crippen LogP contribution is 2.22. The van der Waals surface area contributed by atoms with Crippen LogP contribution in [0.2, 0.25) is 5.15 Å². The first kappa shape index (κ1) is 12.3. The number of hydrogen-bond donors (Lipinski definition) is 0. The molecular formula is C12H8Cl2FNO. The molecule has 2 rings (SSSR count). The molecule has 5 heteroatoms. The van der Waals surface area contributed by atoms with E-state index in [1.54, 1.807) is 12.1 Å². The smallest absolute Gasteiger partial charge is 0.221 e. The Morgan fingerprint density at radius 3 is 2.82 bits per heavy atom. The van der Waals surface area contributed by atoms with Crippen molar-refractivity contribution in [3.63, 3.8) is 0 Å². The van der Waals surface area contributed by atoms with Crippen molar-refractivity contribution in [1.29, 1.82) is 0 Å². The summed E-state index contributed by atoms with van der Waals surface area (Å²) in [4.78, 5) is 14.8. The summed E-state index contributed by atoms with van der Waals surface area (Å²) < 4.78 is 13.0. The molecule has 2 nitrogen and oxygen atoms in total. The van der Waals surface area contributed by atoms with Crippen LogP contribution in [0, 0.1) is 5.82 Å². The van der Waals surface area contributed by atoms with Gasteiger partial charge in [-0.05, 0) is 41.8 Å². The number of carbonyl (C=O) groups excluding carboxylic acids is 1. The topological polar surface area (TPSA) is 30.0 Å². The number of rotatable bonds is 3. The second-order valence-corrected chi connectivity index (χ2v) is 4.41. The molecule has 0 spiro atoms. The van der Waals surface area contributed by atoms with E-state index in [1.807, 2.05) is 0 Å². The van der Waals surface area contributed by atoms with E-state index in [0.717, 1.165) is 10.9 Å². The van der Waals surface area contributed by atoms with E-state index in [9.17, 15) is 9.18 Å². The van der Waals surface area contributed by atoms with Crippen molar-refractivity contribution in [1.82, 2.24) is 4.98 Å². The van der Waals surface area contributed by atoms with E-state index >= 15 is 0 Å². The predicted molar refractivity (Wildman–Crippen MR) is 65.9 cm³/mol. The van der Waals surface area contributed by atoms with Crippen LogP contribution < -0.4 is 0 Å². The van der Waals surface area contributed by atoms with Gasteiger partial charge >= 0.3 is 0 Å². The molecule has 88 valence electrons. The molecular weight excluding hydrogens is 264 g/mol. The van der Waals surface area contributed by atoms with E-state index in [4.69, 9.17) is 23.2 Å². The summed E-state index contributed by atoms with van der Waals surface area (Å²) in [6, 6.07) is 6.09. The zero-order valence-electron chi connectivity index (χ0n) is 8.71. The summed E-state index contributed by atoms with van der Waals surface area (Å²) >= 11 is 11.2. The molecule has 0 aliphatic rings. The maximum atomic E-state index is 13.0. The molecule has 0 aliphatic carbocycles. The molecule has 0 unspecified atom stereocenters. The molecule has 1 aromatic heterocycles. The molecule has 0 amide bonds. The number of carbonyl (C=O) groups is 1. The molecule has 0 saturated carbocycles. The van der Waals surface area contributed by atoms with Gasteiger partial charge in [0.25, 0.3) is 0 Å². The molecule has 1 heterocycles. The standard InChI is InChI=1S/C12H8Cl2FNO/c13-11(17)4-2-8-5-7-1-3-9(15)6-10(7)16-12(8)14/h1,3,5-6H,2,4H2. The van der Waals surface area contributed by atoms with E-state index in [0.29, 0.717) is 11.9 Å². The lowest BCUT2D eigenvalue weighted by atomic mass is 10.1. The van der Waals surface area contributed by atoms with Gasteiger partial charge in [0.15, 0.2) is 0 Å². The van der Waals surface area contributed by atoms with Crippen LogP contribution in [0.25, 0.3) is 10.9 Å². The van der Waals surface area contributed by atoms with Crippen LogP contribution in [-0.2, 0) is 11.2 Å². The second kappa shape index (κ2) is 4.98. The van der Waals surface area contributed by atoms with Crippen molar-refractivity contribution >= 4 is 39.3 Å². The van der Waals surface area contributed by atoms with Crippen LogP contribution in [0.4, 0.5) is 4.39 Å². The predicted octanol–water partition coefficient (Wildman–Crippen LogP) is 3.73. The van der Waals surface area contributed by atoms with Gasteiger partial charge in [-0.25, -0.2) is 9.37 Å². The summed E-state index contributed by atoms with van der Waals surface area (Å²) in [7, 11) is 0. The van der Waals surface area contributed by atoms with Crippen LogP contribution in [-0.4, -0.2) is 10.2 Å². The van der Waals surface area contributed by atoms with E-state index in [-0.39, 0.29) is 17.4 Å². The van der Waals surface area contributed by atoms with Crippen molar-refractivity contribution in [2.75, 3.05) is 0 Å². The van der Waals surface area contributed by atoms with Gasteiger partial charge in [0.2, 0.25) is 5.24 Å². The second-order valence-electron chi connectivity index (χ2n) is 3.63. The summed E-state index contributed by atoms with van der Waals surface area (Å²) in [6.45, 7) is 0. The monoisotopic (exact) mass is 271 g/mol. The van der Waals surface area contributed by atoms with Crippen LogP contribution in [0.3, 0.4) is 0 Å². The van der Waals surface area contributed by atoms with E-state index in [1.165, 1.54) is 12.1 Å². The molecule has 0 atom stereocenters. The molecule has 0 fully saturated rings. The Labute approximate surface area is 107 Å². The highest BCUT2D eigenvalue weighted by molar-refractivity contribution is 6.63. The molecule has 0 bridgehead atoms. The fraction of sp³-hybridized carbons (Fsp3) is 0.167. The largest absolute Gasteiger partial charge is 0.281 e. The quantitative estimate of drug-likeness (QED) is 0.629. The van der Waals surface area contributed by atoms with Gasteiger partial charge in [0.1, 0.15) is 11.0 Å². The van der Waals surface area contributed by atoms with Gasteiger partial charge in [0, 0.05) is 17.9 Å². The van der Waals surface area contributed by atoms with Crippen LogP contribution in [0.1, 0.15) is 12.0 Å². The summed E-state index contributed by atoms with van der Waals surface area (Å²) in [5.41, 5.74) is 1.23. The van der Waals surface area contributed by atoms with Crippen LogP contribution in [0.5, 0.6) is 0 Å². The zero-order chi connectivity index (χ0) is 12.4. The number of halogens is 3. The highest BCUT2D eigenvalue weighted by Gasteiger charge is 2.07. The molecule has 2 aromatic rings. The Morgan fingerprint density at radius 1 is 1.35 bits per heavy atom. The van der Waals surface area contributed by atoms with Gasteiger partial charge in [-0.3, -0.25) is 4.79 Å². The molecule has 0 radical (unpaired) electrons. The summed E-state index contributed by atoms with van der Waals surface area (Å²) in [6.07, 6.45) is 0.636. The number of fused-ring (bicyclic) bond motifs is 1. The number of aromatic nitrogens is 1. The molecule has 1 aromatic carbocycles. The maximum absolute atomic E-state index is 13.0. The third kappa shape index (κ3) is 2.93. The SMILES string of the molecule is O=C(Cl)CCc1cc2ccc(F)cc2nc1Cl. The fourth-order valence-electron chi connectivity index (χ4n) is 1.57. The fourth-order valence-corrected chi connectivity index (χ4v) is 1.90. The molecule has 0 saturated heterocycles.